The first-order valence-electron chi connectivity index (χ1n) is 8.41. The van der Waals surface area contributed by atoms with Crippen molar-refractivity contribution in [2.24, 2.45) is 0 Å². The molecule has 3 rings (SSSR count). The molecule has 25 heavy (non-hydrogen) atoms. The average molecular weight is 356 g/mol. The summed E-state index contributed by atoms with van der Waals surface area (Å²) >= 11 is 6.02. The van der Waals surface area contributed by atoms with E-state index in [1.165, 1.54) is 0 Å². The van der Waals surface area contributed by atoms with Crippen LogP contribution in [0.5, 0.6) is 5.75 Å². The number of benzene rings is 3. The van der Waals surface area contributed by atoms with Crippen molar-refractivity contribution in [2.75, 3.05) is 13.2 Å². The molecular weight excluding hydrogens is 334 g/mol. The molecule has 0 aliphatic carbocycles. The van der Waals surface area contributed by atoms with E-state index in [1.807, 2.05) is 73.7 Å². The smallest absolute Gasteiger partial charge is 0.127 e. The van der Waals surface area contributed by atoms with E-state index in [2.05, 4.69) is 5.32 Å². The minimum atomic E-state index is -0.597. The van der Waals surface area contributed by atoms with Crippen molar-refractivity contribution in [2.45, 2.75) is 19.1 Å². The predicted molar refractivity (Wildman–Crippen MR) is 103 cm³/mol. The van der Waals surface area contributed by atoms with Crippen molar-refractivity contribution in [1.82, 2.24) is 5.32 Å². The normalized spacial score (nSPS) is 13.6. The summed E-state index contributed by atoms with van der Waals surface area (Å²) in [5.74, 6) is 0.792. The van der Waals surface area contributed by atoms with Crippen LogP contribution in [0.1, 0.15) is 18.5 Å². The minimum absolute atomic E-state index is 0.103. The SMILES string of the molecule is CC(NCC(O)COc1cccc2ccccc12)c1cccc(Cl)c1. The Morgan fingerprint density at radius 3 is 2.64 bits per heavy atom. The topological polar surface area (TPSA) is 41.5 Å². The van der Waals surface area contributed by atoms with Gasteiger partial charge in [-0.1, -0.05) is 60.1 Å². The molecule has 2 unspecified atom stereocenters. The van der Waals surface area contributed by atoms with Crippen molar-refractivity contribution in [3.05, 3.63) is 77.3 Å². The molecule has 0 bridgehead atoms. The zero-order chi connectivity index (χ0) is 17.6. The monoisotopic (exact) mass is 355 g/mol. The molecule has 0 heterocycles. The highest BCUT2D eigenvalue weighted by atomic mass is 35.5. The molecule has 0 saturated heterocycles. The molecule has 3 aromatic carbocycles. The van der Waals surface area contributed by atoms with Gasteiger partial charge < -0.3 is 15.2 Å². The van der Waals surface area contributed by atoms with Gasteiger partial charge in [-0.3, -0.25) is 0 Å². The third kappa shape index (κ3) is 4.73. The molecule has 3 nitrogen and oxygen atoms in total. The fraction of sp³-hybridized carbons (Fsp3) is 0.238. The van der Waals surface area contributed by atoms with Crippen LogP contribution in [0.4, 0.5) is 0 Å². The second kappa shape index (κ2) is 8.34. The van der Waals surface area contributed by atoms with Crippen molar-refractivity contribution in [3.8, 4) is 5.75 Å². The first-order valence-corrected chi connectivity index (χ1v) is 8.79. The number of fused-ring (bicyclic) bond motifs is 1. The Bertz CT molecular complexity index is 831. The van der Waals surface area contributed by atoms with Crippen LogP contribution in [-0.4, -0.2) is 24.4 Å². The quantitative estimate of drug-likeness (QED) is 0.651. The highest BCUT2D eigenvalue weighted by molar-refractivity contribution is 6.30. The Morgan fingerprint density at radius 1 is 1.04 bits per heavy atom. The summed E-state index contributed by atoms with van der Waals surface area (Å²) in [6.07, 6.45) is -0.597. The molecule has 0 aliphatic heterocycles. The Morgan fingerprint density at radius 2 is 1.80 bits per heavy atom. The summed E-state index contributed by atoms with van der Waals surface area (Å²) in [4.78, 5) is 0. The third-order valence-corrected chi connectivity index (χ3v) is 4.42. The molecule has 0 spiro atoms. The number of aliphatic hydroxyl groups excluding tert-OH is 1. The molecule has 0 aliphatic rings. The van der Waals surface area contributed by atoms with Crippen LogP contribution in [-0.2, 0) is 0 Å². The Hall–Kier alpha value is -2.07. The molecule has 0 fully saturated rings. The second-order valence-corrected chi connectivity index (χ2v) is 6.56. The van der Waals surface area contributed by atoms with E-state index in [-0.39, 0.29) is 12.6 Å². The maximum Gasteiger partial charge on any atom is 0.127 e. The van der Waals surface area contributed by atoms with Crippen molar-refractivity contribution in [1.29, 1.82) is 0 Å². The number of halogens is 1. The van der Waals surface area contributed by atoms with Gasteiger partial charge in [0, 0.05) is 23.0 Å². The number of rotatable bonds is 7. The lowest BCUT2D eigenvalue weighted by Crippen LogP contribution is -2.33. The van der Waals surface area contributed by atoms with Crippen LogP contribution in [0, 0.1) is 0 Å². The summed E-state index contributed by atoms with van der Waals surface area (Å²) in [6.45, 7) is 2.73. The third-order valence-electron chi connectivity index (χ3n) is 4.19. The van der Waals surface area contributed by atoms with Gasteiger partial charge in [0.1, 0.15) is 18.5 Å². The molecule has 3 aromatic rings. The Balaban J connectivity index is 1.53. The molecular formula is C21H22ClNO2. The summed E-state index contributed by atoms with van der Waals surface area (Å²) in [7, 11) is 0. The van der Waals surface area contributed by atoms with Crippen LogP contribution < -0.4 is 10.1 Å². The van der Waals surface area contributed by atoms with E-state index in [0.29, 0.717) is 11.6 Å². The van der Waals surface area contributed by atoms with Crippen molar-refractivity contribution in [3.63, 3.8) is 0 Å². The zero-order valence-electron chi connectivity index (χ0n) is 14.2. The van der Waals surface area contributed by atoms with E-state index >= 15 is 0 Å². The van der Waals surface area contributed by atoms with E-state index in [1.54, 1.807) is 0 Å². The van der Waals surface area contributed by atoms with Crippen LogP contribution >= 0.6 is 11.6 Å². The maximum atomic E-state index is 10.2. The summed E-state index contributed by atoms with van der Waals surface area (Å²) in [6, 6.07) is 21.8. The van der Waals surface area contributed by atoms with Crippen molar-refractivity contribution < 1.29 is 9.84 Å². The van der Waals surface area contributed by atoms with E-state index in [4.69, 9.17) is 16.3 Å². The molecule has 0 saturated carbocycles. The predicted octanol–water partition coefficient (Wildman–Crippen LogP) is 4.58. The molecule has 0 aromatic heterocycles. The molecule has 0 amide bonds. The Kier molecular flexibility index (Phi) is 5.92. The summed E-state index contributed by atoms with van der Waals surface area (Å²) < 4.78 is 5.83. The first-order chi connectivity index (χ1) is 12.1. The highest BCUT2D eigenvalue weighted by Gasteiger charge is 2.11. The van der Waals surface area contributed by atoms with Gasteiger partial charge in [0.25, 0.3) is 0 Å². The van der Waals surface area contributed by atoms with Gasteiger partial charge in [-0.05, 0) is 36.1 Å². The van der Waals surface area contributed by atoms with Crippen LogP contribution in [0.3, 0.4) is 0 Å². The van der Waals surface area contributed by atoms with Crippen molar-refractivity contribution >= 4 is 22.4 Å². The largest absolute Gasteiger partial charge is 0.490 e. The lowest BCUT2D eigenvalue weighted by atomic mass is 10.1. The number of aliphatic hydroxyl groups is 1. The number of nitrogens with one attached hydrogen (secondary N) is 1. The molecule has 0 radical (unpaired) electrons. The van der Waals surface area contributed by atoms with Gasteiger partial charge in [0.05, 0.1) is 0 Å². The van der Waals surface area contributed by atoms with Crippen LogP contribution in [0.25, 0.3) is 10.8 Å². The maximum absolute atomic E-state index is 10.2. The number of hydrogen-bond donors (Lipinski definition) is 2. The van der Waals surface area contributed by atoms with Gasteiger partial charge in [-0.2, -0.15) is 0 Å². The lowest BCUT2D eigenvalue weighted by molar-refractivity contribution is 0.105. The van der Waals surface area contributed by atoms with Gasteiger partial charge in [0.15, 0.2) is 0 Å². The summed E-state index contributed by atoms with van der Waals surface area (Å²) in [5.41, 5.74) is 1.09. The molecule has 2 N–H and O–H groups in total. The van der Waals surface area contributed by atoms with Gasteiger partial charge >= 0.3 is 0 Å². The summed E-state index contributed by atoms with van der Waals surface area (Å²) in [5, 5.41) is 16.4. The van der Waals surface area contributed by atoms with Gasteiger partial charge in [-0.25, -0.2) is 0 Å². The average Bonchev–Trinajstić information content (AvgIpc) is 2.64. The van der Waals surface area contributed by atoms with Crippen LogP contribution in [0.2, 0.25) is 5.02 Å². The highest BCUT2D eigenvalue weighted by Crippen LogP contribution is 2.25. The second-order valence-electron chi connectivity index (χ2n) is 6.13. The number of hydrogen-bond acceptors (Lipinski definition) is 3. The lowest BCUT2D eigenvalue weighted by Gasteiger charge is -2.18. The minimum Gasteiger partial charge on any atom is -0.490 e. The molecule has 4 heteroatoms. The van der Waals surface area contributed by atoms with E-state index < -0.39 is 6.10 Å². The van der Waals surface area contributed by atoms with Gasteiger partial charge in [0.2, 0.25) is 0 Å². The zero-order valence-corrected chi connectivity index (χ0v) is 14.9. The fourth-order valence-corrected chi connectivity index (χ4v) is 2.97. The Labute approximate surface area is 153 Å². The standard InChI is InChI=1S/C21H22ClNO2/c1-15(17-8-4-9-18(22)12-17)23-13-19(24)14-25-21-11-5-7-16-6-2-3-10-20(16)21/h2-12,15,19,23-24H,13-14H2,1H3. The van der Waals surface area contributed by atoms with E-state index in [0.717, 1.165) is 22.1 Å². The van der Waals surface area contributed by atoms with E-state index in [9.17, 15) is 5.11 Å². The number of ether oxygens (including phenoxy) is 1. The van der Waals surface area contributed by atoms with Gasteiger partial charge in [-0.15, -0.1) is 0 Å². The molecule has 130 valence electrons. The first kappa shape index (κ1) is 17.7. The fourth-order valence-electron chi connectivity index (χ4n) is 2.77. The van der Waals surface area contributed by atoms with Crippen LogP contribution in [0.15, 0.2) is 66.7 Å². The molecule has 2 atom stereocenters.